The predicted octanol–water partition coefficient (Wildman–Crippen LogP) is 4.44. The van der Waals surface area contributed by atoms with Crippen LogP contribution in [0.4, 0.5) is 4.39 Å². The molecule has 0 bridgehead atoms. The van der Waals surface area contributed by atoms with Crippen LogP contribution in [-0.2, 0) is 6.42 Å². The topological polar surface area (TPSA) is 29.5 Å². The maximum atomic E-state index is 13.8. The van der Waals surface area contributed by atoms with Crippen LogP contribution in [0.3, 0.4) is 0 Å². The molecule has 2 nitrogen and oxygen atoms in total. The van der Waals surface area contributed by atoms with Gasteiger partial charge in [-0.1, -0.05) is 29.3 Å². The Hall–Kier alpha value is -1.45. The first-order chi connectivity index (χ1) is 9.09. The number of fused-ring (bicyclic) bond motifs is 1. The fraction of sp³-hybridized carbons (Fsp3) is 0.143. The molecule has 0 amide bonds. The molecule has 1 heterocycles. The first-order valence-corrected chi connectivity index (χ1v) is 6.46. The van der Waals surface area contributed by atoms with Crippen molar-refractivity contribution in [3.63, 3.8) is 0 Å². The molecule has 5 heteroatoms. The lowest BCUT2D eigenvalue weighted by atomic mass is 10.00. The second kappa shape index (κ2) is 4.58. The number of hydrogen-bond acceptors (Lipinski definition) is 2. The zero-order chi connectivity index (χ0) is 13.6. The normalized spacial score (nSPS) is 13.2. The van der Waals surface area contributed by atoms with Crippen molar-refractivity contribution in [2.75, 3.05) is 6.61 Å². The van der Waals surface area contributed by atoms with Gasteiger partial charge in [-0.15, -0.1) is 0 Å². The molecule has 0 aromatic heterocycles. The van der Waals surface area contributed by atoms with Crippen molar-refractivity contribution in [2.24, 2.45) is 0 Å². The van der Waals surface area contributed by atoms with E-state index < -0.39 is 5.82 Å². The van der Waals surface area contributed by atoms with E-state index >= 15 is 0 Å². The summed E-state index contributed by atoms with van der Waals surface area (Å²) < 4.78 is 19.3. The van der Waals surface area contributed by atoms with Crippen LogP contribution in [0.15, 0.2) is 24.3 Å². The first-order valence-electron chi connectivity index (χ1n) is 5.71. The molecule has 0 saturated heterocycles. The summed E-state index contributed by atoms with van der Waals surface area (Å²) in [6.45, 7) is 0.404. The molecule has 1 aliphatic rings. The third-order valence-corrected chi connectivity index (χ3v) is 3.76. The number of hydrogen-bond donors (Lipinski definition) is 1. The van der Waals surface area contributed by atoms with Crippen molar-refractivity contribution < 1.29 is 14.2 Å². The number of halogens is 3. The summed E-state index contributed by atoms with van der Waals surface area (Å²) in [7, 11) is 0. The quantitative estimate of drug-likeness (QED) is 0.843. The number of rotatable bonds is 1. The lowest BCUT2D eigenvalue weighted by Crippen LogP contribution is -1.91. The van der Waals surface area contributed by atoms with Gasteiger partial charge in [0.05, 0.1) is 16.7 Å². The van der Waals surface area contributed by atoms with Crippen LogP contribution in [-0.4, -0.2) is 11.7 Å². The van der Waals surface area contributed by atoms with E-state index in [1.807, 2.05) is 0 Å². The molecule has 1 aliphatic heterocycles. The van der Waals surface area contributed by atoms with Crippen LogP contribution in [0.2, 0.25) is 10.0 Å². The van der Waals surface area contributed by atoms with Gasteiger partial charge in [-0.2, -0.15) is 0 Å². The lowest BCUT2D eigenvalue weighted by Gasteiger charge is -2.13. The summed E-state index contributed by atoms with van der Waals surface area (Å²) in [5.74, 6) is -0.608. The highest BCUT2D eigenvalue weighted by Gasteiger charge is 2.26. The van der Waals surface area contributed by atoms with Gasteiger partial charge in [0.1, 0.15) is 5.75 Å². The molecular formula is C14H9Cl2FO2. The van der Waals surface area contributed by atoms with Crippen molar-refractivity contribution in [3.8, 4) is 22.6 Å². The number of benzene rings is 2. The predicted molar refractivity (Wildman–Crippen MR) is 72.7 cm³/mol. The SMILES string of the molecule is Oc1c(F)cc(-c2c(Cl)cccc2Cl)c2c1CCO2. The zero-order valence-electron chi connectivity index (χ0n) is 9.71. The fourth-order valence-corrected chi connectivity index (χ4v) is 2.87. The van der Waals surface area contributed by atoms with Crippen molar-refractivity contribution >= 4 is 23.2 Å². The second-order valence-electron chi connectivity index (χ2n) is 4.26. The summed E-state index contributed by atoms with van der Waals surface area (Å²) >= 11 is 12.3. The Labute approximate surface area is 119 Å². The van der Waals surface area contributed by atoms with E-state index in [0.29, 0.717) is 45.5 Å². The molecule has 0 aliphatic carbocycles. The van der Waals surface area contributed by atoms with E-state index in [2.05, 4.69) is 0 Å². The highest BCUT2D eigenvalue weighted by atomic mass is 35.5. The zero-order valence-corrected chi connectivity index (χ0v) is 11.2. The van der Waals surface area contributed by atoms with Crippen molar-refractivity contribution in [1.29, 1.82) is 0 Å². The molecule has 0 spiro atoms. The van der Waals surface area contributed by atoms with Crippen LogP contribution < -0.4 is 4.74 Å². The molecule has 0 fully saturated rings. The molecule has 3 rings (SSSR count). The molecule has 0 saturated carbocycles. The van der Waals surface area contributed by atoms with E-state index in [1.54, 1.807) is 18.2 Å². The summed E-state index contributed by atoms with van der Waals surface area (Å²) in [6, 6.07) is 6.27. The molecular weight excluding hydrogens is 290 g/mol. The smallest absolute Gasteiger partial charge is 0.165 e. The Morgan fingerprint density at radius 2 is 1.89 bits per heavy atom. The van der Waals surface area contributed by atoms with Crippen LogP contribution in [0.5, 0.6) is 11.5 Å². The van der Waals surface area contributed by atoms with Crippen molar-refractivity contribution in [3.05, 3.63) is 45.7 Å². The second-order valence-corrected chi connectivity index (χ2v) is 5.07. The third kappa shape index (κ3) is 1.94. The minimum Gasteiger partial charge on any atom is -0.505 e. The van der Waals surface area contributed by atoms with Gasteiger partial charge in [0.2, 0.25) is 0 Å². The van der Waals surface area contributed by atoms with Gasteiger partial charge in [-0.25, -0.2) is 4.39 Å². The maximum absolute atomic E-state index is 13.8. The highest BCUT2D eigenvalue weighted by Crippen LogP contribution is 2.46. The Morgan fingerprint density at radius 1 is 1.21 bits per heavy atom. The van der Waals surface area contributed by atoms with Gasteiger partial charge in [-0.05, 0) is 18.2 Å². The molecule has 0 atom stereocenters. The van der Waals surface area contributed by atoms with E-state index in [0.717, 1.165) is 0 Å². The minimum atomic E-state index is -0.699. The average molecular weight is 299 g/mol. The first kappa shape index (κ1) is 12.6. The van der Waals surface area contributed by atoms with Gasteiger partial charge in [-0.3, -0.25) is 0 Å². The summed E-state index contributed by atoms with van der Waals surface area (Å²) in [5, 5.41) is 10.5. The Balaban J connectivity index is 2.33. The van der Waals surface area contributed by atoms with E-state index in [4.69, 9.17) is 27.9 Å². The number of phenols is 1. The van der Waals surface area contributed by atoms with Crippen molar-refractivity contribution in [1.82, 2.24) is 0 Å². The van der Waals surface area contributed by atoms with Crippen LogP contribution >= 0.6 is 23.2 Å². The van der Waals surface area contributed by atoms with E-state index in [-0.39, 0.29) is 5.75 Å². The standard InChI is InChI=1S/C14H9Cl2FO2/c15-9-2-1-3-10(16)12(9)8-6-11(17)13(18)7-4-5-19-14(7)8/h1-3,6,18H,4-5H2. The van der Waals surface area contributed by atoms with Gasteiger partial charge >= 0.3 is 0 Å². The van der Waals surface area contributed by atoms with Crippen LogP contribution in [0.25, 0.3) is 11.1 Å². The molecule has 0 unspecified atom stereocenters. The maximum Gasteiger partial charge on any atom is 0.165 e. The summed E-state index contributed by atoms with van der Waals surface area (Å²) in [4.78, 5) is 0. The molecule has 98 valence electrons. The molecule has 1 N–H and O–H groups in total. The largest absolute Gasteiger partial charge is 0.505 e. The fourth-order valence-electron chi connectivity index (χ4n) is 2.27. The van der Waals surface area contributed by atoms with E-state index in [1.165, 1.54) is 6.07 Å². The third-order valence-electron chi connectivity index (χ3n) is 3.13. The number of aromatic hydroxyl groups is 1. The minimum absolute atomic E-state index is 0.362. The van der Waals surface area contributed by atoms with Crippen LogP contribution in [0, 0.1) is 5.82 Å². The van der Waals surface area contributed by atoms with Gasteiger partial charge in [0, 0.05) is 23.1 Å². The Bertz CT molecular complexity index is 651. The lowest BCUT2D eigenvalue weighted by molar-refractivity contribution is 0.357. The summed E-state index contributed by atoms with van der Waals surface area (Å²) in [5.41, 5.74) is 1.45. The van der Waals surface area contributed by atoms with Crippen LogP contribution in [0.1, 0.15) is 5.56 Å². The highest BCUT2D eigenvalue weighted by molar-refractivity contribution is 6.39. The monoisotopic (exact) mass is 298 g/mol. The van der Waals surface area contributed by atoms with Gasteiger partial charge in [0.25, 0.3) is 0 Å². The summed E-state index contributed by atoms with van der Waals surface area (Å²) in [6.07, 6.45) is 0.466. The Morgan fingerprint density at radius 3 is 2.58 bits per heavy atom. The van der Waals surface area contributed by atoms with Crippen molar-refractivity contribution in [2.45, 2.75) is 6.42 Å². The van der Waals surface area contributed by atoms with E-state index in [9.17, 15) is 9.50 Å². The number of phenolic OH excluding ortho intramolecular Hbond substituents is 1. The van der Waals surface area contributed by atoms with Gasteiger partial charge in [0.15, 0.2) is 11.6 Å². The molecule has 2 aromatic rings. The molecule has 19 heavy (non-hydrogen) atoms. The average Bonchev–Trinajstić information content (AvgIpc) is 2.84. The van der Waals surface area contributed by atoms with Gasteiger partial charge < -0.3 is 9.84 Å². The Kier molecular flexibility index (Phi) is 3.03. The molecule has 0 radical (unpaired) electrons. The number of ether oxygens (including phenoxy) is 1. The molecule has 2 aromatic carbocycles.